The van der Waals surface area contributed by atoms with Gasteiger partial charge in [-0.2, -0.15) is 0 Å². The predicted octanol–water partition coefficient (Wildman–Crippen LogP) is 1.08. The zero-order chi connectivity index (χ0) is 20.1. The minimum Gasteiger partial charge on any atom is -0.381 e. The van der Waals surface area contributed by atoms with Crippen molar-refractivity contribution in [1.82, 2.24) is 15.5 Å². The molecule has 2 unspecified atom stereocenters. The number of benzene rings is 1. The molecule has 0 spiro atoms. The second-order valence-electron chi connectivity index (χ2n) is 7.61. The van der Waals surface area contributed by atoms with E-state index in [2.05, 4.69) is 20.9 Å². The van der Waals surface area contributed by atoms with Gasteiger partial charge in [0.15, 0.2) is 0 Å². The van der Waals surface area contributed by atoms with Crippen molar-refractivity contribution in [1.29, 1.82) is 0 Å². The van der Waals surface area contributed by atoms with Gasteiger partial charge in [0.05, 0.1) is 19.8 Å². The molecule has 3 aliphatic heterocycles. The molecule has 2 atom stereocenters. The van der Waals surface area contributed by atoms with Crippen molar-refractivity contribution in [3.8, 4) is 0 Å². The first-order chi connectivity index (χ1) is 14.2. The largest absolute Gasteiger partial charge is 0.381 e. The molecule has 3 fully saturated rings. The van der Waals surface area contributed by atoms with E-state index in [4.69, 9.17) is 9.47 Å². The van der Waals surface area contributed by atoms with Crippen molar-refractivity contribution < 1.29 is 19.1 Å². The molecule has 3 N–H and O–H groups in total. The van der Waals surface area contributed by atoms with E-state index in [0.717, 1.165) is 51.6 Å². The van der Waals surface area contributed by atoms with Crippen LogP contribution >= 0.6 is 0 Å². The van der Waals surface area contributed by atoms with Crippen LogP contribution in [0.5, 0.6) is 0 Å². The van der Waals surface area contributed by atoms with Gasteiger partial charge in [0.1, 0.15) is 0 Å². The molecule has 3 aliphatic rings. The van der Waals surface area contributed by atoms with Crippen LogP contribution in [-0.4, -0.2) is 82.2 Å². The molecule has 9 nitrogen and oxygen atoms in total. The van der Waals surface area contributed by atoms with E-state index in [1.165, 1.54) is 0 Å². The third-order valence-electron chi connectivity index (χ3n) is 5.77. The molecule has 3 saturated heterocycles. The second kappa shape index (κ2) is 9.43. The summed E-state index contributed by atoms with van der Waals surface area (Å²) in [5.74, 6) is 0.422. The van der Waals surface area contributed by atoms with Crippen LogP contribution in [0.25, 0.3) is 0 Å². The molecule has 3 heterocycles. The van der Waals surface area contributed by atoms with Gasteiger partial charge >= 0.3 is 12.1 Å². The third-order valence-corrected chi connectivity index (χ3v) is 5.77. The summed E-state index contributed by atoms with van der Waals surface area (Å²) < 4.78 is 11.1. The quantitative estimate of drug-likeness (QED) is 0.661. The summed E-state index contributed by atoms with van der Waals surface area (Å²) in [6.45, 7) is 6.56. The zero-order valence-electron chi connectivity index (χ0n) is 16.6. The Bertz CT molecular complexity index is 719. The molecular formula is C20H29N5O4. The number of hydrogen-bond donors (Lipinski definition) is 3. The first-order valence-electron chi connectivity index (χ1n) is 10.3. The van der Waals surface area contributed by atoms with Crippen molar-refractivity contribution in [2.75, 3.05) is 69.4 Å². The minimum atomic E-state index is -0.245. The van der Waals surface area contributed by atoms with Gasteiger partial charge in [-0.1, -0.05) is 6.07 Å². The molecule has 1 aromatic carbocycles. The van der Waals surface area contributed by atoms with Crippen LogP contribution in [0.4, 0.5) is 21.0 Å². The zero-order valence-corrected chi connectivity index (χ0v) is 16.6. The van der Waals surface area contributed by atoms with Crippen molar-refractivity contribution in [2.45, 2.75) is 12.5 Å². The Hall–Kier alpha value is -2.36. The highest BCUT2D eigenvalue weighted by molar-refractivity contribution is 5.95. The SMILES string of the molecule is O=C(NCC(C1CCOC1)N1CCOCC1)Nc1cccc(N2CCNC2=O)c1. The number of anilines is 2. The highest BCUT2D eigenvalue weighted by atomic mass is 16.5. The van der Waals surface area contributed by atoms with E-state index in [0.29, 0.717) is 31.2 Å². The first kappa shape index (κ1) is 19.9. The van der Waals surface area contributed by atoms with Crippen molar-refractivity contribution in [3.05, 3.63) is 24.3 Å². The highest BCUT2D eigenvalue weighted by Crippen LogP contribution is 2.23. The van der Waals surface area contributed by atoms with E-state index in [-0.39, 0.29) is 18.1 Å². The molecule has 1 aromatic rings. The summed E-state index contributed by atoms with van der Waals surface area (Å²) in [5, 5.41) is 8.69. The highest BCUT2D eigenvalue weighted by Gasteiger charge is 2.31. The predicted molar refractivity (Wildman–Crippen MR) is 109 cm³/mol. The summed E-state index contributed by atoms with van der Waals surface area (Å²) >= 11 is 0. The van der Waals surface area contributed by atoms with E-state index < -0.39 is 0 Å². The second-order valence-corrected chi connectivity index (χ2v) is 7.61. The average Bonchev–Trinajstić information content (AvgIpc) is 3.41. The van der Waals surface area contributed by atoms with Crippen LogP contribution < -0.4 is 20.9 Å². The molecule has 0 saturated carbocycles. The standard InChI is InChI=1S/C20H29N5O4/c26-19(23-16-2-1-3-17(12-16)25-6-5-21-20(25)27)22-13-18(15-4-9-29-14-15)24-7-10-28-11-8-24/h1-3,12,15,18H,4-11,13-14H2,(H,21,27)(H2,22,23,26). The fraction of sp³-hybridized carbons (Fsp3) is 0.600. The Balaban J connectivity index is 1.34. The van der Waals surface area contributed by atoms with Crippen LogP contribution in [0.2, 0.25) is 0 Å². The monoisotopic (exact) mass is 403 g/mol. The van der Waals surface area contributed by atoms with Gasteiger partial charge in [-0.3, -0.25) is 9.80 Å². The normalized spacial score (nSPS) is 23.7. The molecular weight excluding hydrogens is 374 g/mol. The number of nitrogens with one attached hydrogen (secondary N) is 3. The molecule has 9 heteroatoms. The number of rotatable bonds is 6. The lowest BCUT2D eigenvalue weighted by molar-refractivity contribution is 0.00222. The van der Waals surface area contributed by atoms with Crippen molar-refractivity contribution in [2.24, 2.45) is 5.92 Å². The number of carbonyl (C=O) groups is 2. The van der Waals surface area contributed by atoms with E-state index >= 15 is 0 Å². The molecule has 0 radical (unpaired) electrons. The molecule has 4 amide bonds. The molecule has 0 aromatic heterocycles. The van der Waals surface area contributed by atoms with Crippen LogP contribution in [-0.2, 0) is 9.47 Å². The van der Waals surface area contributed by atoms with E-state index in [1.807, 2.05) is 24.3 Å². The van der Waals surface area contributed by atoms with Crippen molar-refractivity contribution in [3.63, 3.8) is 0 Å². The number of nitrogens with zero attached hydrogens (tertiary/aromatic N) is 2. The minimum absolute atomic E-state index is 0.112. The van der Waals surface area contributed by atoms with Gasteiger partial charge in [0.25, 0.3) is 0 Å². The lowest BCUT2D eigenvalue weighted by Gasteiger charge is -2.37. The van der Waals surface area contributed by atoms with Gasteiger partial charge in [0, 0.05) is 62.7 Å². The van der Waals surface area contributed by atoms with Gasteiger partial charge in [-0.25, -0.2) is 9.59 Å². The Kier molecular flexibility index (Phi) is 6.48. The number of ether oxygens (including phenoxy) is 2. The molecule has 0 bridgehead atoms. The number of amides is 4. The number of urea groups is 2. The first-order valence-corrected chi connectivity index (χ1v) is 10.3. The third kappa shape index (κ3) is 4.98. The van der Waals surface area contributed by atoms with Gasteiger partial charge < -0.3 is 25.4 Å². The summed E-state index contributed by atoms with van der Waals surface area (Å²) in [6.07, 6.45) is 1.02. The lowest BCUT2D eigenvalue weighted by Crippen LogP contribution is -2.52. The van der Waals surface area contributed by atoms with Gasteiger partial charge in [-0.05, 0) is 24.6 Å². The van der Waals surface area contributed by atoms with E-state index in [9.17, 15) is 9.59 Å². The lowest BCUT2D eigenvalue weighted by atomic mass is 9.97. The number of hydrogen-bond acceptors (Lipinski definition) is 5. The molecule has 158 valence electrons. The van der Waals surface area contributed by atoms with Gasteiger partial charge in [-0.15, -0.1) is 0 Å². The van der Waals surface area contributed by atoms with Crippen LogP contribution in [0, 0.1) is 5.92 Å². The van der Waals surface area contributed by atoms with E-state index in [1.54, 1.807) is 4.90 Å². The molecule has 4 rings (SSSR count). The van der Waals surface area contributed by atoms with Gasteiger partial charge in [0.2, 0.25) is 0 Å². The Labute approximate surface area is 170 Å². The average molecular weight is 403 g/mol. The molecule has 0 aliphatic carbocycles. The summed E-state index contributed by atoms with van der Waals surface area (Å²) in [4.78, 5) is 28.4. The number of carbonyl (C=O) groups excluding carboxylic acids is 2. The Morgan fingerprint density at radius 1 is 1.21 bits per heavy atom. The summed E-state index contributed by atoms with van der Waals surface area (Å²) in [7, 11) is 0. The van der Waals surface area contributed by atoms with Crippen LogP contribution in [0.1, 0.15) is 6.42 Å². The number of morpholine rings is 1. The maximum Gasteiger partial charge on any atom is 0.321 e. The Morgan fingerprint density at radius 2 is 2.07 bits per heavy atom. The fourth-order valence-electron chi connectivity index (χ4n) is 4.20. The topological polar surface area (TPSA) is 95.2 Å². The summed E-state index contributed by atoms with van der Waals surface area (Å²) in [5.41, 5.74) is 1.43. The maximum absolute atomic E-state index is 12.5. The summed E-state index contributed by atoms with van der Waals surface area (Å²) in [6, 6.07) is 7.22. The van der Waals surface area contributed by atoms with Crippen LogP contribution in [0.15, 0.2) is 24.3 Å². The maximum atomic E-state index is 12.5. The van der Waals surface area contributed by atoms with Crippen LogP contribution in [0.3, 0.4) is 0 Å². The smallest absolute Gasteiger partial charge is 0.321 e. The molecule has 29 heavy (non-hydrogen) atoms. The van der Waals surface area contributed by atoms with Crippen molar-refractivity contribution >= 4 is 23.4 Å². The fourth-order valence-corrected chi connectivity index (χ4v) is 4.20. The Morgan fingerprint density at radius 3 is 2.79 bits per heavy atom.